The van der Waals surface area contributed by atoms with E-state index in [9.17, 15) is 14.4 Å². The molecule has 0 unspecified atom stereocenters. The number of furan rings is 1. The first-order chi connectivity index (χ1) is 14.0. The molecule has 1 aliphatic heterocycles. The zero-order valence-corrected chi connectivity index (χ0v) is 16.1. The van der Waals surface area contributed by atoms with Crippen LogP contribution in [0.3, 0.4) is 0 Å². The molecule has 0 radical (unpaired) electrons. The Labute approximate surface area is 167 Å². The second-order valence-corrected chi connectivity index (χ2v) is 7.10. The van der Waals surface area contributed by atoms with Crippen molar-refractivity contribution in [3.05, 3.63) is 86.6 Å². The van der Waals surface area contributed by atoms with Gasteiger partial charge in [-0.05, 0) is 36.8 Å². The van der Waals surface area contributed by atoms with E-state index in [1.807, 2.05) is 19.1 Å². The van der Waals surface area contributed by atoms with Crippen molar-refractivity contribution in [2.24, 2.45) is 0 Å². The van der Waals surface area contributed by atoms with E-state index in [2.05, 4.69) is 22.0 Å². The Morgan fingerprint density at radius 2 is 1.90 bits per heavy atom. The van der Waals surface area contributed by atoms with Gasteiger partial charge in [-0.2, -0.15) is 0 Å². The van der Waals surface area contributed by atoms with Crippen LogP contribution in [-0.4, -0.2) is 46.5 Å². The number of hydrogen-bond donors (Lipinski definition) is 1. The summed E-state index contributed by atoms with van der Waals surface area (Å²) >= 11 is 0. The minimum absolute atomic E-state index is 0.0244. The number of aromatic amines is 1. The number of carbonyl (C=O) groups excluding carboxylic acids is 1. The monoisotopic (exact) mass is 394 g/mol. The Morgan fingerprint density at radius 1 is 1.10 bits per heavy atom. The molecular weight excluding hydrogens is 372 g/mol. The zero-order chi connectivity index (χ0) is 20.4. The maximum absolute atomic E-state index is 12.9. The highest BCUT2D eigenvalue weighted by Gasteiger charge is 2.25. The summed E-state index contributed by atoms with van der Waals surface area (Å²) in [5, 5.41) is 0. The predicted octanol–water partition coefficient (Wildman–Crippen LogP) is 1.45. The van der Waals surface area contributed by atoms with Crippen molar-refractivity contribution in [3.63, 3.8) is 0 Å². The van der Waals surface area contributed by atoms with Gasteiger partial charge >= 0.3 is 5.69 Å². The van der Waals surface area contributed by atoms with Crippen LogP contribution in [0.25, 0.3) is 0 Å². The molecule has 4 rings (SSSR count). The Kier molecular flexibility index (Phi) is 5.07. The number of amides is 1. The van der Waals surface area contributed by atoms with Crippen molar-refractivity contribution in [1.29, 1.82) is 0 Å². The summed E-state index contributed by atoms with van der Waals surface area (Å²) < 4.78 is 6.19. The molecule has 1 N–H and O–H groups in total. The van der Waals surface area contributed by atoms with Crippen molar-refractivity contribution in [2.45, 2.75) is 13.5 Å². The molecule has 0 spiro atoms. The average molecular weight is 394 g/mol. The zero-order valence-electron chi connectivity index (χ0n) is 16.1. The second kappa shape index (κ2) is 7.83. The average Bonchev–Trinajstić information content (AvgIpc) is 3.24. The van der Waals surface area contributed by atoms with Crippen molar-refractivity contribution in [1.82, 2.24) is 14.5 Å². The van der Waals surface area contributed by atoms with E-state index >= 15 is 0 Å². The fraction of sp³-hybridized carbons (Fsp3) is 0.286. The van der Waals surface area contributed by atoms with Gasteiger partial charge in [-0.1, -0.05) is 12.1 Å². The summed E-state index contributed by atoms with van der Waals surface area (Å²) in [6.45, 7) is 4.39. The van der Waals surface area contributed by atoms with Gasteiger partial charge in [-0.25, -0.2) is 4.79 Å². The fourth-order valence-electron chi connectivity index (χ4n) is 3.53. The lowest BCUT2D eigenvalue weighted by Gasteiger charge is -2.36. The molecule has 3 aromatic rings. The van der Waals surface area contributed by atoms with Gasteiger partial charge in [0.05, 0.1) is 12.8 Å². The Morgan fingerprint density at radius 3 is 2.59 bits per heavy atom. The molecular formula is C21H22N4O4. The predicted molar refractivity (Wildman–Crippen MR) is 108 cm³/mol. The van der Waals surface area contributed by atoms with Gasteiger partial charge in [0.2, 0.25) is 0 Å². The topological polar surface area (TPSA) is 91.6 Å². The van der Waals surface area contributed by atoms with Gasteiger partial charge < -0.3 is 19.2 Å². The lowest BCUT2D eigenvalue weighted by atomic mass is 10.2. The molecule has 0 atom stereocenters. The largest absolute Gasteiger partial charge is 0.467 e. The van der Waals surface area contributed by atoms with E-state index in [1.165, 1.54) is 18.0 Å². The Balaban J connectivity index is 1.50. The summed E-state index contributed by atoms with van der Waals surface area (Å²) in [6.07, 6.45) is 2.68. The van der Waals surface area contributed by atoms with E-state index in [0.29, 0.717) is 31.9 Å². The molecule has 0 bridgehead atoms. The van der Waals surface area contributed by atoms with Gasteiger partial charge in [0.25, 0.3) is 11.5 Å². The Hall–Kier alpha value is -3.55. The number of piperazine rings is 1. The molecule has 29 heavy (non-hydrogen) atoms. The molecule has 1 aromatic carbocycles. The van der Waals surface area contributed by atoms with Crippen molar-refractivity contribution >= 4 is 11.6 Å². The molecule has 8 nitrogen and oxygen atoms in total. The number of aromatic nitrogens is 2. The third-order valence-electron chi connectivity index (χ3n) is 5.12. The molecule has 3 heterocycles. The summed E-state index contributed by atoms with van der Waals surface area (Å²) in [6, 6.07) is 11.6. The first-order valence-electron chi connectivity index (χ1n) is 9.49. The van der Waals surface area contributed by atoms with Crippen LogP contribution in [0.2, 0.25) is 0 Å². The Bertz CT molecular complexity index is 1120. The molecule has 0 saturated carbocycles. The molecule has 1 amide bonds. The fourth-order valence-corrected chi connectivity index (χ4v) is 3.53. The number of hydrogen-bond acceptors (Lipinski definition) is 5. The van der Waals surface area contributed by atoms with Crippen LogP contribution < -0.4 is 16.1 Å². The van der Waals surface area contributed by atoms with Crippen LogP contribution in [0.5, 0.6) is 0 Å². The second-order valence-electron chi connectivity index (χ2n) is 7.10. The number of benzene rings is 1. The number of anilines is 1. The molecule has 1 fully saturated rings. The quantitative estimate of drug-likeness (QED) is 0.723. The molecule has 0 aliphatic carbocycles. The maximum atomic E-state index is 12.9. The van der Waals surface area contributed by atoms with Crippen LogP contribution in [0.15, 0.2) is 62.9 Å². The van der Waals surface area contributed by atoms with Crippen LogP contribution in [0.4, 0.5) is 5.69 Å². The highest BCUT2D eigenvalue weighted by molar-refractivity contribution is 5.93. The van der Waals surface area contributed by atoms with Crippen molar-refractivity contribution < 1.29 is 9.21 Å². The van der Waals surface area contributed by atoms with Gasteiger partial charge in [0.15, 0.2) is 0 Å². The number of carbonyl (C=O) groups is 1. The summed E-state index contributed by atoms with van der Waals surface area (Å²) in [5.41, 5.74) is 1.08. The number of nitrogens with zero attached hydrogens (tertiary/aromatic N) is 3. The highest BCUT2D eigenvalue weighted by atomic mass is 16.3. The van der Waals surface area contributed by atoms with Gasteiger partial charge in [0.1, 0.15) is 11.3 Å². The lowest BCUT2D eigenvalue weighted by Crippen LogP contribution is -2.50. The molecule has 150 valence electrons. The van der Waals surface area contributed by atoms with E-state index in [4.69, 9.17) is 4.42 Å². The smallest absolute Gasteiger partial charge is 0.328 e. The first kappa shape index (κ1) is 18.8. The number of H-pyrrole nitrogens is 1. The van der Waals surface area contributed by atoms with E-state index in [-0.39, 0.29) is 18.0 Å². The van der Waals surface area contributed by atoms with E-state index in [0.717, 1.165) is 10.3 Å². The molecule has 2 aromatic heterocycles. The number of rotatable bonds is 4. The maximum Gasteiger partial charge on any atom is 0.328 e. The summed E-state index contributed by atoms with van der Waals surface area (Å²) in [5.74, 6) is 0.0947. The standard InChI is InChI=1S/C21H22N4O4/c1-15-4-2-5-16(12-15)23-7-9-24(10-8-23)19(26)18-13-22-21(28)25(20(18)27)14-17-6-3-11-29-17/h2-6,11-13H,7-10,14H2,1H3,(H,22,28). The lowest BCUT2D eigenvalue weighted by molar-refractivity contribution is 0.0743. The molecule has 1 saturated heterocycles. The minimum atomic E-state index is -0.615. The normalized spacial score (nSPS) is 14.2. The number of aryl methyl sites for hydroxylation is 1. The van der Waals surface area contributed by atoms with E-state index in [1.54, 1.807) is 17.0 Å². The van der Waals surface area contributed by atoms with Crippen LogP contribution in [0, 0.1) is 6.92 Å². The van der Waals surface area contributed by atoms with Gasteiger partial charge in [-0.15, -0.1) is 0 Å². The molecule has 1 aliphatic rings. The first-order valence-corrected chi connectivity index (χ1v) is 9.49. The number of nitrogens with one attached hydrogen (secondary N) is 1. The summed E-state index contributed by atoms with van der Waals surface area (Å²) in [7, 11) is 0. The summed E-state index contributed by atoms with van der Waals surface area (Å²) in [4.78, 5) is 44.1. The molecule has 8 heteroatoms. The van der Waals surface area contributed by atoms with Crippen LogP contribution in [0.1, 0.15) is 21.7 Å². The van der Waals surface area contributed by atoms with Crippen molar-refractivity contribution in [3.8, 4) is 0 Å². The third kappa shape index (κ3) is 3.87. The SMILES string of the molecule is Cc1cccc(N2CCN(C(=O)c3c[nH]c(=O)n(Cc4ccco4)c3=O)CC2)c1. The van der Waals surface area contributed by atoms with Crippen LogP contribution >= 0.6 is 0 Å². The van der Waals surface area contributed by atoms with E-state index < -0.39 is 11.2 Å². The van der Waals surface area contributed by atoms with Gasteiger partial charge in [-0.3, -0.25) is 14.2 Å². The third-order valence-corrected chi connectivity index (χ3v) is 5.12. The van der Waals surface area contributed by atoms with Gasteiger partial charge in [0, 0.05) is 38.1 Å². The van der Waals surface area contributed by atoms with Crippen LogP contribution in [-0.2, 0) is 6.54 Å². The highest BCUT2D eigenvalue weighted by Crippen LogP contribution is 2.18. The van der Waals surface area contributed by atoms with Crippen molar-refractivity contribution in [2.75, 3.05) is 31.1 Å². The minimum Gasteiger partial charge on any atom is -0.467 e.